The Bertz CT molecular complexity index is 678. The van der Waals surface area contributed by atoms with E-state index in [-0.39, 0.29) is 5.69 Å². The summed E-state index contributed by atoms with van der Waals surface area (Å²) in [7, 11) is 1.71. The predicted molar refractivity (Wildman–Crippen MR) is 78.4 cm³/mol. The van der Waals surface area contributed by atoms with E-state index in [4.69, 9.17) is 5.26 Å². The van der Waals surface area contributed by atoms with Gasteiger partial charge in [-0.1, -0.05) is 15.9 Å². The quantitative estimate of drug-likeness (QED) is 0.901. The van der Waals surface area contributed by atoms with Gasteiger partial charge in [-0.2, -0.15) is 5.26 Å². The van der Waals surface area contributed by atoms with Gasteiger partial charge in [-0.05, 0) is 30.3 Å². The van der Waals surface area contributed by atoms with Gasteiger partial charge in [0.05, 0.1) is 11.3 Å². The van der Waals surface area contributed by atoms with Crippen LogP contribution in [-0.2, 0) is 0 Å². The van der Waals surface area contributed by atoms with Crippen molar-refractivity contribution < 1.29 is 4.79 Å². The topological polar surface area (TPSA) is 90.7 Å². The van der Waals surface area contributed by atoms with Crippen LogP contribution in [0.4, 0.5) is 11.5 Å². The van der Waals surface area contributed by atoms with Gasteiger partial charge < -0.3 is 10.6 Å². The Morgan fingerprint density at radius 1 is 1.30 bits per heavy atom. The number of anilines is 2. The summed E-state index contributed by atoms with van der Waals surface area (Å²) in [5.74, 6) is 0.155. The van der Waals surface area contributed by atoms with Crippen LogP contribution < -0.4 is 10.6 Å². The summed E-state index contributed by atoms with van der Waals surface area (Å²) < 4.78 is 0.769. The first-order chi connectivity index (χ1) is 9.63. The molecule has 100 valence electrons. The van der Waals surface area contributed by atoms with Crippen LogP contribution in [0.5, 0.6) is 0 Å². The Kier molecular flexibility index (Phi) is 4.27. The molecular formula is C13H10BrN5O. The molecule has 2 rings (SSSR count). The SMILES string of the molecule is CNc1ccc(C(=O)Nc2ccc(Br)cc2C#N)nn1. The van der Waals surface area contributed by atoms with Crippen molar-refractivity contribution in [3.05, 3.63) is 46.1 Å². The highest BCUT2D eigenvalue weighted by Crippen LogP contribution is 2.20. The molecule has 1 amide bonds. The maximum absolute atomic E-state index is 12.0. The number of carbonyl (C=O) groups is 1. The van der Waals surface area contributed by atoms with Crippen molar-refractivity contribution in [2.75, 3.05) is 17.7 Å². The third-order valence-electron chi connectivity index (χ3n) is 2.50. The van der Waals surface area contributed by atoms with Crippen molar-refractivity contribution in [1.29, 1.82) is 5.26 Å². The lowest BCUT2D eigenvalue weighted by molar-refractivity contribution is 0.102. The van der Waals surface area contributed by atoms with Crippen molar-refractivity contribution in [2.45, 2.75) is 0 Å². The summed E-state index contributed by atoms with van der Waals surface area (Å²) in [5.41, 5.74) is 0.975. The van der Waals surface area contributed by atoms with Crippen molar-refractivity contribution in [2.24, 2.45) is 0 Å². The Labute approximate surface area is 124 Å². The largest absolute Gasteiger partial charge is 0.372 e. The third-order valence-corrected chi connectivity index (χ3v) is 3.00. The number of halogens is 1. The maximum Gasteiger partial charge on any atom is 0.276 e. The predicted octanol–water partition coefficient (Wildman–Crippen LogP) is 2.40. The minimum absolute atomic E-state index is 0.177. The number of nitrogens with zero attached hydrogens (tertiary/aromatic N) is 3. The van der Waals surface area contributed by atoms with Gasteiger partial charge in [0.25, 0.3) is 5.91 Å². The van der Waals surface area contributed by atoms with Gasteiger partial charge in [-0.3, -0.25) is 4.79 Å². The highest BCUT2D eigenvalue weighted by atomic mass is 79.9. The molecule has 6 nitrogen and oxygen atoms in total. The Hall–Kier alpha value is -2.46. The van der Waals surface area contributed by atoms with E-state index in [0.717, 1.165) is 4.47 Å². The fourth-order valence-corrected chi connectivity index (χ4v) is 1.85. The Morgan fingerprint density at radius 2 is 2.10 bits per heavy atom. The molecule has 0 bridgehead atoms. The van der Waals surface area contributed by atoms with Crippen LogP contribution >= 0.6 is 15.9 Å². The van der Waals surface area contributed by atoms with Crippen LogP contribution in [0.25, 0.3) is 0 Å². The normalized spacial score (nSPS) is 9.65. The van der Waals surface area contributed by atoms with Crippen LogP contribution in [-0.4, -0.2) is 23.2 Å². The number of hydrogen-bond donors (Lipinski definition) is 2. The molecule has 0 spiro atoms. The molecule has 7 heteroatoms. The molecule has 0 aliphatic carbocycles. The summed E-state index contributed by atoms with van der Waals surface area (Å²) in [4.78, 5) is 12.0. The van der Waals surface area contributed by atoms with Crippen LogP contribution in [0.1, 0.15) is 16.1 Å². The van der Waals surface area contributed by atoms with Crippen LogP contribution in [0.2, 0.25) is 0 Å². The Morgan fingerprint density at radius 3 is 2.70 bits per heavy atom. The summed E-state index contributed by atoms with van der Waals surface area (Å²) in [6, 6.07) is 10.2. The van der Waals surface area contributed by atoms with Gasteiger partial charge in [0.1, 0.15) is 11.9 Å². The molecule has 1 heterocycles. The number of benzene rings is 1. The van der Waals surface area contributed by atoms with E-state index < -0.39 is 5.91 Å². The molecule has 0 saturated carbocycles. The van der Waals surface area contributed by atoms with E-state index in [1.165, 1.54) is 0 Å². The number of nitrogens with one attached hydrogen (secondary N) is 2. The van der Waals surface area contributed by atoms with E-state index in [0.29, 0.717) is 17.1 Å². The monoisotopic (exact) mass is 331 g/mol. The van der Waals surface area contributed by atoms with Gasteiger partial charge in [0.2, 0.25) is 0 Å². The molecule has 0 aliphatic heterocycles. The smallest absolute Gasteiger partial charge is 0.276 e. The number of amides is 1. The molecule has 1 aromatic heterocycles. The van der Waals surface area contributed by atoms with E-state index in [1.54, 1.807) is 37.4 Å². The average Bonchev–Trinajstić information content (AvgIpc) is 2.49. The number of aromatic nitrogens is 2. The molecule has 0 radical (unpaired) electrons. The van der Waals surface area contributed by atoms with Gasteiger partial charge in [0, 0.05) is 11.5 Å². The first-order valence-electron chi connectivity index (χ1n) is 5.66. The number of nitriles is 1. The summed E-state index contributed by atoms with van der Waals surface area (Å²) >= 11 is 3.27. The first kappa shape index (κ1) is 14.0. The van der Waals surface area contributed by atoms with Crippen molar-refractivity contribution in [3.63, 3.8) is 0 Å². The second-order valence-corrected chi connectivity index (χ2v) is 4.73. The van der Waals surface area contributed by atoms with E-state index >= 15 is 0 Å². The second kappa shape index (κ2) is 6.12. The van der Waals surface area contributed by atoms with Gasteiger partial charge in [-0.25, -0.2) is 0 Å². The molecule has 1 aromatic carbocycles. The van der Waals surface area contributed by atoms with E-state index in [1.807, 2.05) is 6.07 Å². The molecule has 2 aromatic rings. The molecule has 0 atom stereocenters. The zero-order chi connectivity index (χ0) is 14.5. The Balaban J connectivity index is 2.21. The van der Waals surface area contributed by atoms with Crippen LogP contribution in [0.15, 0.2) is 34.8 Å². The summed E-state index contributed by atoms with van der Waals surface area (Å²) in [5, 5.41) is 22.1. The van der Waals surface area contributed by atoms with E-state index in [2.05, 4.69) is 36.8 Å². The first-order valence-corrected chi connectivity index (χ1v) is 6.46. The summed E-state index contributed by atoms with van der Waals surface area (Å²) in [6.45, 7) is 0. The standard InChI is InChI=1S/C13H10BrN5O/c1-16-12-5-4-11(18-19-12)13(20)17-10-3-2-9(14)6-8(10)7-15/h2-6H,1H3,(H,16,19)(H,17,20). The molecule has 0 saturated heterocycles. The lowest BCUT2D eigenvalue weighted by Gasteiger charge is -2.07. The molecule has 0 fully saturated rings. The minimum atomic E-state index is -0.418. The summed E-state index contributed by atoms with van der Waals surface area (Å²) in [6.07, 6.45) is 0. The zero-order valence-corrected chi connectivity index (χ0v) is 12.1. The minimum Gasteiger partial charge on any atom is -0.372 e. The van der Waals surface area contributed by atoms with Gasteiger partial charge in [0.15, 0.2) is 5.69 Å². The molecular weight excluding hydrogens is 322 g/mol. The van der Waals surface area contributed by atoms with Gasteiger partial charge >= 0.3 is 0 Å². The number of rotatable bonds is 3. The molecule has 0 unspecified atom stereocenters. The highest BCUT2D eigenvalue weighted by molar-refractivity contribution is 9.10. The lowest BCUT2D eigenvalue weighted by Crippen LogP contribution is -2.15. The third kappa shape index (κ3) is 3.10. The van der Waals surface area contributed by atoms with E-state index in [9.17, 15) is 4.79 Å². The number of hydrogen-bond acceptors (Lipinski definition) is 5. The average molecular weight is 332 g/mol. The zero-order valence-electron chi connectivity index (χ0n) is 10.5. The van der Waals surface area contributed by atoms with Crippen LogP contribution in [0.3, 0.4) is 0 Å². The molecule has 20 heavy (non-hydrogen) atoms. The number of carbonyl (C=O) groups excluding carboxylic acids is 1. The van der Waals surface area contributed by atoms with Crippen molar-refractivity contribution >= 4 is 33.3 Å². The van der Waals surface area contributed by atoms with Crippen molar-refractivity contribution in [3.8, 4) is 6.07 Å². The fraction of sp³-hybridized carbons (Fsp3) is 0.0769. The molecule has 0 aliphatic rings. The van der Waals surface area contributed by atoms with Crippen LogP contribution in [0, 0.1) is 11.3 Å². The second-order valence-electron chi connectivity index (χ2n) is 3.81. The van der Waals surface area contributed by atoms with Crippen molar-refractivity contribution in [1.82, 2.24) is 10.2 Å². The highest BCUT2D eigenvalue weighted by Gasteiger charge is 2.11. The fourth-order valence-electron chi connectivity index (χ4n) is 1.49. The van der Waals surface area contributed by atoms with Gasteiger partial charge in [-0.15, -0.1) is 10.2 Å². The molecule has 2 N–H and O–H groups in total. The maximum atomic E-state index is 12.0. The lowest BCUT2D eigenvalue weighted by atomic mass is 10.2.